The maximum Gasteiger partial charge on any atom is 0.490 e. The van der Waals surface area contributed by atoms with E-state index < -0.39 is 93.6 Å². The number of aromatic nitrogens is 8. The first-order valence-electron chi connectivity index (χ1n) is 15.7. The predicted molar refractivity (Wildman–Crippen MR) is 183 cm³/mol. The van der Waals surface area contributed by atoms with Crippen molar-refractivity contribution >= 4 is 76.0 Å². The molecule has 33 heteroatoms. The lowest BCUT2D eigenvalue weighted by Crippen LogP contribution is -2.33. The van der Waals surface area contributed by atoms with Crippen LogP contribution in [0, 0.1) is 0 Å². The summed E-state index contributed by atoms with van der Waals surface area (Å²) in [5.74, 6) is 0.166. The van der Waals surface area contributed by atoms with Crippen LogP contribution < -0.4 is 11.5 Å². The summed E-state index contributed by atoms with van der Waals surface area (Å²) in [5.41, 5.74) is 13.0. The smallest absolute Gasteiger partial charge is 0.387 e. The van der Waals surface area contributed by atoms with E-state index in [-0.39, 0.29) is 22.8 Å². The van der Waals surface area contributed by atoms with Gasteiger partial charge in [0.2, 0.25) is 0 Å². The van der Waals surface area contributed by atoms with Crippen LogP contribution >= 0.6 is 31.3 Å². The minimum atomic E-state index is -6.20. The van der Waals surface area contributed by atoms with E-state index in [4.69, 9.17) is 20.9 Å². The van der Waals surface area contributed by atoms with Gasteiger partial charge in [-0.25, -0.2) is 48.2 Å². The average Bonchev–Trinajstić information content (AvgIpc) is 3.86. The highest BCUT2D eigenvalue weighted by Gasteiger charge is 2.50. The molecule has 12 N–H and O–H groups in total. The fourth-order valence-corrected chi connectivity index (χ4v) is 10.8. The molecule has 12 atom stereocenters. The summed E-state index contributed by atoms with van der Waals surface area (Å²) >= 11 is 0. The first kappa shape index (κ1) is 41.7. The molecule has 57 heavy (non-hydrogen) atoms. The molecule has 0 spiro atoms. The van der Waals surface area contributed by atoms with Crippen LogP contribution in [0.5, 0.6) is 0 Å². The van der Waals surface area contributed by atoms with Crippen LogP contribution in [-0.2, 0) is 49.7 Å². The minimum Gasteiger partial charge on any atom is -0.387 e. The molecule has 2 saturated heterocycles. The lowest BCUT2D eigenvalue weighted by atomic mass is 10.1. The molecule has 4 aromatic heterocycles. The molecule has 0 bridgehead atoms. The molecule has 2 fully saturated rings. The molecule has 1 aromatic carbocycles. The first-order valence-corrected chi connectivity index (χ1v) is 21.7. The quantitative estimate of drug-likeness (QED) is 0.0580. The van der Waals surface area contributed by atoms with Crippen LogP contribution in [0.15, 0.2) is 37.4 Å². The summed E-state index contributed by atoms with van der Waals surface area (Å²) in [7, 11) is -24.0. The zero-order valence-electron chi connectivity index (χ0n) is 28.1. The van der Waals surface area contributed by atoms with E-state index in [0.29, 0.717) is 21.9 Å². The monoisotopic (exact) mass is 886 g/mol. The van der Waals surface area contributed by atoms with Gasteiger partial charge in [0, 0.05) is 5.39 Å². The van der Waals surface area contributed by atoms with Crippen LogP contribution in [0.25, 0.3) is 33.1 Å². The largest absolute Gasteiger partial charge is 0.490 e. The number of aliphatic hydroxyl groups is 4. The molecular weight excluding hydrogens is 856 g/mol. The van der Waals surface area contributed by atoms with Crippen LogP contribution in [0.4, 0.5) is 11.6 Å². The number of rotatable bonds is 14. The van der Waals surface area contributed by atoms with E-state index in [1.165, 1.54) is 17.2 Å². The fourth-order valence-electron chi connectivity index (χ4n) is 5.85. The first-order chi connectivity index (χ1) is 26.6. The third-order valence-corrected chi connectivity index (χ3v) is 14.3. The standard InChI is InChI=1S/C24H30N10O19P4/c25-20-9-1-11-12(2-10(9)27-5-28-20)33(7-31-11)23-18(37)16(35)13(49-23)3-47-54(39,40)51-56(43,44)53-57(45,46)52-55(41,42)48-4-14-17(36)19(38)24(50-14)34-8-32-15-21(26)29-6-30-22(15)34/h1-2,5-8,13-14,16-19,23-24,35-38H,3-4H2,(H,39,40)(H,41,42)(H,43,44)(H,45,46)(H2,25,27,28)(H2,26,29,30)/t13-,14-,16-,17-,18-,19-,23-,24-/m1/s1. The summed E-state index contributed by atoms with van der Waals surface area (Å²) < 4.78 is 84.3. The molecule has 0 amide bonds. The van der Waals surface area contributed by atoms with Gasteiger partial charge >= 0.3 is 31.3 Å². The highest BCUT2D eigenvalue weighted by Crippen LogP contribution is 2.71. The number of imidazole rings is 2. The number of ether oxygens (including phenoxy) is 2. The fraction of sp³-hybridized carbons (Fsp3) is 0.417. The van der Waals surface area contributed by atoms with Gasteiger partial charge in [0.05, 0.1) is 42.4 Å². The van der Waals surface area contributed by atoms with Crippen LogP contribution in [0.2, 0.25) is 0 Å². The SMILES string of the molecule is Nc1ncnc2cc3c(cc12)ncn3[C@@H]1O[C@H](COP(=O)(O)OP(=O)(O)OP(=O)(O)OP(=O)(O)OC[C@H]2O[C@@H](n3cnc4c(N)ncnc43)[C@H](O)[C@@H]2O)[C@@H](O)[C@H]1O. The number of benzene rings is 1. The van der Waals surface area contributed by atoms with Crippen LogP contribution in [0.3, 0.4) is 0 Å². The topological polar surface area (TPSA) is 434 Å². The molecule has 2 aliphatic heterocycles. The lowest BCUT2D eigenvalue weighted by molar-refractivity contribution is -0.0504. The molecule has 29 nitrogen and oxygen atoms in total. The molecule has 310 valence electrons. The Bertz CT molecular complexity index is 2530. The Kier molecular flexibility index (Phi) is 11.2. The normalized spacial score (nSPS) is 29.7. The highest BCUT2D eigenvalue weighted by atomic mass is 31.3. The molecule has 6 heterocycles. The van der Waals surface area contributed by atoms with E-state index in [0.717, 1.165) is 17.2 Å². The van der Waals surface area contributed by atoms with Crippen molar-refractivity contribution in [1.29, 1.82) is 0 Å². The maximum absolute atomic E-state index is 12.5. The zero-order chi connectivity index (χ0) is 41.2. The Morgan fingerprint density at radius 1 is 0.614 bits per heavy atom. The van der Waals surface area contributed by atoms with Crippen molar-refractivity contribution in [2.75, 3.05) is 24.7 Å². The Morgan fingerprint density at radius 2 is 1.12 bits per heavy atom. The van der Waals surface area contributed by atoms with Crippen molar-refractivity contribution in [3.05, 3.63) is 37.4 Å². The Labute approximate surface area is 315 Å². The van der Waals surface area contributed by atoms with Gasteiger partial charge in [0.15, 0.2) is 23.9 Å². The van der Waals surface area contributed by atoms with Crippen molar-refractivity contribution in [2.45, 2.75) is 49.1 Å². The summed E-state index contributed by atoms with van der Waals surface area (Å²) in [5, 5.41) is 42.7. The molecule has 5 aromatic rings. The van der Waals surface area contributed by atoms with E-state index in [1.807, 2.05) is 0 Å². The minimum absolute atomic E-state index is 0.0142. The second-order valence-corrected chi connectivity index (χ2v) is 18.4. The number of aliphatic hydroxyl groups excluding tert-OH is 4. The van der Waals surface area contributed by atoms with Crippen molar-refractivity contribution in [3.63, 3.8) is 0 Å². The summed E-state index contributed by atoms with van der Waals surface area (Å²) in [6, 6.07) is 3.12. The Balaban J connectivity index is 0.925. The van der Waals surface area contributed by atoms with Crippen LogP contribution in [0.1, 0.15) is 12.5 Å². The number of nitrogen functional groups attached to an aromatic ring is 2. The number of nitrogens with two attached hydrogens (primary N) is 2. The van der Waals surface area contributed by atoms with Gasteiger partial charge in [-0.1, -0.05) is 0 Å². The van der Waals surface area contributed by atoms with Crippen molar-refractivity contribution in [1.82, 2.24) is 39.0 Å². The number of hydrogen-bond donors (Lipinski definition) is 10. The predicted octanol–water partition coefficient (Wildman–Crippen LogP) is -1.29. The average molecular weight is 886 g/mol. The summed E-state index contributed by atoms with van der Waals surface area (Å²) in [6.07, 6.45) is -8.26. The molecular formula is C24H30N10O19P4. The van der Waals surface area contributed by atoms with E-state index in [1.54, 1.807) is 12.1 Å². The third-order valence-electron chi connectivity index (χ3n) is 8.39. The molecule has 0 saturated carbocycles. The number of nitrogens with zero attached hydrogens (tertiary/aromatic N) is 8. The molecule has 4 unspecified atom stereocenters. The van der Waals surface area contributed by atoms with Gasteiger partial charge in [-0.05, 0) is 12.1 Å². The van der Waals surface area contributed by atoms with E-state index >= 15 is 0 Å². The summed E-state index contributed by atoms with van der Waals surface area (Å²) in [6.45, 7) is -2.21. The number of phosphoric ester groups is 2. The summed E-state index contributed by atoms with van der Waals surface area (Å²) in [4.78, 5) is 63.9. The van der Waals surface area contributed by atoms with Gasteiger partial charge in [-0.2, -0.15) is 12.9 Å². The Hall–Kier alpha value is -3.50. The zero-order valence-corrected chi connectivity index (χ0v) is 31.7. The van der Waals surface area contributed by atoms with Crippen molar-refractivity contribution in [3.8, 4) is 0 Å². The highest BCUT2D eigenvalue weighted by molar-refractivity contribution is 7.69. The molecule has 2 aliphatic rings. The van der Waals surface area contributed by atoms with Gasteiger partial charge in [-0.15, -0.1) is 0 Å². The Morgan fingerprint density at radius 3 is 1.72 bits per heavy atom. The number of hydrogen-bond acceptors (Lipinski definition) is 23. The van der Waals surface area contributed by atoms with Crippen LogP contribution in [-0.4, -0.2) is 129 Å². The lowest BCUT2D eigenvalue weighted by Gasteiger charge is -2.21. The van der Waals surface area contributed by atoms with E-state index in [9.17, 15) is 58.3 Å². The van der Waals surface area contributed by atoms with Crippen molar-refractivity contribution in [2.24, 2.45) is 0 Å². The van der Waals surface area contributed by atoms with Gasteiger partial charge < -0.3 is 65.5 Å². The molecule has 0 radical (unpaired) electrons. The second kappa shape index (κ2) is 15.3. The number of fused-ring (bicyclic) bond motifs is 3. The van der Waals surface area contributed by atoms with Crippen molar-refractivity contribution < 1.29 is 89.7 Å². The van der Waals surface area contributed by atoms with E-state index in [2.05, 4.69) is 51.9 Å². The van der Waals surface area contributed by atoms with Gasteiger partial charge in [0.25, 0.3) is 0 Å². The third kappa shape index (κ3) is 8.64. The number of phosphoric acid groups is 4. The van der Waals surface area contributed by atoms with Gasteiger partial charge in [0.1, 0.15) is 60.6 Å². The second-order valence-electron chi connectivity index (χ2n) is 12.2. The molecule has 7 rings (SSSR count). The van der Waals surface area contributed by atoms with Gasteiger partial charge in [-0.3, -0.25) is 13.6 Å². The molecule has 0 aliphatic carbocycles. The maximum atomic E-state index is 12.5. The number of anilines is 2.